The van der Waals surface area contributed by atoms with E-state index in [9.17, 15) is 43.5 Å². The van der Waals surface area contributed by atoms with E-state index in [2.05, 4.69) is 96.1 Å². The zero-order chi connectivity index (χ0) is 54.6. The fraction of sp³-hybridized carbons (Fsp3) is 0.556. The molecular formula is C54H81N3O16P2. The van der Waals surface area contributed by atoms with Crippen LogP contribution in [0.1, 0.15) is 136 Å². The van der Waals surface area contributed by atoms with E-state index in [4.69, 9.17) is 33.7 Å². The van der Waals surface area contributed by atoms with Crippen molar-refractivity contribution >= 4 is 33.4 Å². The van der Waals surface area contributed by atoms with Crippen molar-refractivity contribution in [2.24, 2.45) is 0 Å². The first-order valence-corrected chi connectivity index (χ1v) is 29.0. The molecule has 0 amide bonds. The molecule has 0 aromatic carbocycles. The number of carbonyl (C=O) groups is 2. The van der Waals surface area contributed by atoms with Gasteiger partial charge in [0.25, 0.3) is 0 Å². The minimum Gasteiger partial charge on any atom is -0.462 e. The van der Waals surface area contributed by atoms with Gasteiger partial charge in [0.15, 0.2) is 12.3 Å². The number of anilines is 1. The molecular weight excluding hydrogens is 1010 g/mol. The maximum absolute atomic E-state index is 12.9. The van der Waals surface area contributed by atoms with E-state index >= 15 is 0 Å². The van der Waals surface area contributed by atoms with Gasteiger partial charge in [-0.1, -0.05) is 136 Å². The average molecular weight is 1090 g/mol. The smallest absolute Gasteiger partial charge is 0.462 e. The summed E-state index contributed by atoms with van der Waals surface area (Å²) in [6.45, 7) is 1.87. The maximum Gasteiger partial charge on any atom is 0.481 e. The molecule has 6 N–H and O–H groups in total. The van der Waals surface area contributed by atoms with Crippen LogP contribution in [0.25, 0.3) is 0 Å². The van der Waals surface area contributed by atoms with Gasteiger partial charge in [-0.3, -0.25) is 23.2 Å². The molecule has 4 unspecified atom stereocenters. The third kappa shape index (κ3) is 30.1. The summed E-state index contributed by atoms with van der Waals surface area (Å²) >= 11 is 0. The van der Waals surface area contributed by atoms with Crippen LogP contribution in [0, 0.1) is 0 Å². The second-order valence-corrected chi connectivity index (χ2v) is 20.7. The maximum atomic E-state index is 12.9. The van der Waals surface area contributed by atoms with Gasteiger partial charge in [0.2, 0.25) is 0 Å². The number of aromatic nitrogens is 2. The van der Waals surface area contributed by atoms with Crippen molar-refractivity contribution < 1.29 is 71.0 Å². The number of hydrogen-bond donors (Lipinski definition) is 5. The minimum absolute atomic E-state index is 0.0263. The van der Waals surface area contributed by atoms with Gasteiger partial charge in [-0.2, -0.15) is 9.29 Å². The van der Waals surface area contributed by atoms with Crippen LogP contribution in [0.2, 0.25) is 0 Å². The summed E-state index contributed by atoms with van der Waals surface area (Å²) in [5.41, 5.74) is 4.58. The quantitative estimate of drug-likeness (QED) is 0.0134. The highest BCUT2D eigenvalue weighted by Crippen LogP contribution is 2.60. The SMILES string of the molecule is CC/C=C\CC1OC1C/C=C\C/C=C\C/C=C\C/C=C\CCC(=O)O[C@H](COC(=O)CCC/C=C\C/C=C\C/C=C\C/C=C\CCCCC)COP(=O)(O)OP(=O)(O)OC[C@H]1O[C@@H](n2ccc(N)nc2=O)[C@H](O)[C@@H]1O. The number of nitrogen functional groups attached to an aromatic ring is 1. The van der Waals surface area contributed by atoms with E-state index in [0.717, 1.165) is 68.6 Å². The van der Waals surface area contributed by atoms with Crippen LogP contribution in [0.3, 0.4) is 0 Å². The molecule has 0 saturated carbocycles. The Morgan fingerprint density at radius 1 is 0.667 bits per heavy atom. The second kappa shape index (κ2) is 38.0. The first-order chi connectivity index (χ1) is 36.1. The van der Waals surface area contributed by atoms with Crippen molar-refractivity contribution in [3.8, 4) is 0 Å². The number of unbranched alkanes of at least 4 members (excludes halogenated alkanes) is 4. The third-order valence-corrected chi connectivity index (χ3v) is 13.9. The lowest BCUT2D eigenvalue weighted by molar-refractivity contribution is -0.161. The molecule has 9 atom stereocenters. The third-order valence-electron chi connectivity index (χ3n) is 11.3. The zero-order valence-electron chi connectivity index (χ0n) is 43.5. The summed E-state index contributed by atoms with van der Waals surface area (Å²) in [5, 5.41) is 20.9. The molecule has 2 saturated heterocycles. The van der Waals surface area contributed by atoms with Crippen LogP contribution in [0.15, 0.2) is 126 Å². The van der Waals surface area contributed by atoms with E-state index in [1.54, 1.807) is 6.08 Å². The number of phosphoric ester groups is 2. The van der Waals surface area contributed by atoms with Gasteiger partial charge in [0.1, 0.15) is 30.7 Å². The predicted octanol–water partition coefficient (Wildman–Crippen LogP) is 9.99. The Morgan fingerprint density at radius 3 is 1.77 bits per heavy atom. The Hall–Kier alpha value is -4.62. The number of carbonyl (C=O) groups excluding carboxylic acids is 2. The van der Waals surface area contributed by atoms with Gasteiger partial charge in [-0.25, -0.2) is 13.9 Å². The Kier molecular flexibility index (Phi) is 32.8. The largest absolute Gasteiger partial charge is 0.481 e. The molecule has 0 bridgehead atoms. The van der Waals surface area contributed by atoms with E-state index < -0.39 is 83.7 Å². The van der Waals surface area contributed by atoms with Crippen molar-refractivity contribution in [1.29, 1.82) is 0 Å². The van der Waals surface area contributed by atoms with Crippen LogP contribution >= 0.6 is 15.6 Å². The van der Waals surface area contributed by atoms with Gasteiger partial charge in [-0.15, -0.1) is 0 Å². The molecule has 1 aromatic heterocycles. The van der Waals surface area contributed by atoms with Crippen molar-refractivity contribution in [2.45, 2.75) is 172 Å². The molecule has 19 nitrogen and oxygen atoms in total. The zero-order valence-corrected chi connectivity index (χ0v) is 45.3. The summed E-state index contributed by atoms with van der Waals surface area (Å²) < 4.78 is 62.3. The number of ether oxygens (including phenoxy) is 4. The molecule has 1 aromatic rings. The van der Waals surface area contributed by atoms with Gasteiger partial charge in [0, 0.05) is 19.0 Å². The second-order valence-electron chi connectivity index (χ2n) is 17.7. The number of aliphatic hydroxyl groups excluding tert-OH is 2. The molecule has 21 heteroatoms. The molecule has 2 fully saturated rings. The lowest BCUT2D eigenvalue weighted by atomic mass is 10.1. The summed E-state index contributed by atoms with van der Waals surface area (Å²) in [5.74, 6) is -1.48. The molecule has 0 radical (unpaired) electrons. The molecule has 2 aliphatic rings. The molecule has 75 heavy (non-hydrogen) atoms. The highest BCUT2D eigenvalue weighted by atomic mass is 31.3. The van der Waals surface area contributed by atoms with E-state index in [-0.39, 0.29) is 18.7 Å². The standard InChI is InChI=1S/C54H81N3O16P2/c1-3-5-7-8-9-10-11-12-13-14-15-16-20-23-26-29-33-37-49(58)67-41-44(70-50(59)38-34-30-27-24-21-18-17-19-22-25-28-32-36-46-45(71-46)35-31-6-4-2)42-68-74(63,64)73-75(65,66)69-43-47-51(60)52(61)53(72-47)57-40-39-48(55)56-54(57)62/h6,9-10,12-13,15-16,18-19,21-23,26-28,30-32,39-40,44-47,51-53,60-61H,3-5,7-8,11,14,17,20,24-25,29,33-38,41-43H2,1-2H3,(H,63,64)(H,65,66)(H2,55,56,62)/b10-9-,13-12-,16-15-,21-18-,22-19-,26-23-,30-27-,31-6-,32-28-/t44-,45?,46?,47-,51-,52-,53-/m1/s1. The number of aliphatic hydroxyl groups is 2. The summed E-state index contributed by atoms with van der Waals surface area (Å²) in [6.07, 6.45) is 45.1. The lowest BCUT2D eigenvalue weighted by Crippen LogP contribution is -2.36. The number of esters is 2. The van der Waals surface area contributed by atoms with Gasteiger partial charge < -0.3 is 44.7 Å². The number of nitrogens with zero attached hydrogens (tertiary/aromatic N) is 2. The minimum atomic E-state index is -5.46. The van der Waals surface area contributed by atoms with Crippen molar-refractivity contribution in [3.63, 3.8) is 0 Å². The van der Waals surface area contributed by atoms with E-state index in [1.165, 1.54) is 25.3 Å². The molecule has 2 aliphatic heterocycles. The monoisotopic (exact) mass is 1090 g/mol. The average Bonchev–Trinajstić information content (AvgIpc) is 4.06. The number of hydrogen-bond acceptors (Lipinski definition) is 16. The van der Waals surface area contributed by atoms with Crippen LogP contribution in [-0.2, 0) is 51.0 Å². The summed E-state index contributed by atoms with van der Waals surface area (Å²) in [7, 11) is -10.9. The molecule has 3 heterocycles. The highest BCUT2D eigenvalue weighted by Gasteiger charge is 2.46. The topological polar surface area (TPSA) is 278 Å². The van der Waals surface area contributed by atoms with Crippen molar-refractivity contribution in [1.82, 2.24) is 9.55 Å². The normalized spacial score (nSPS) is 22.4. The number of nitrogens with two attached hydrogens (primary N) is 1. The fourth-order valence-corrected chi connectivity index (χ4v) is 9.25. The number of rotatable bonds is 40. The van der Waals surface area contributed by atoms with E-state index in [1.807, 2.05) is 30.4 Å². The van der Waals surface area contributed by atoms with Gasteiger partial charge in [-0.05, 0) is 96.0 Å². The van der Waals surface area contributed by atoms with Gasteiger partial charge >= 0.3 is 33.3 Å². The first kappa shape index (κ1) is 64.7. The number of phosphoric acid groups is 2. The molecule has 418 valence electrons. The van der Waals surface area contributed by atoms with Crippen LogP contribution < -0.4 is 11.4 Å². The van der Waals surface area contributed by atoms with Crippen molar-refractivity contribution in [2.75, 3.05) is 25.6 Å². The fourth-order valence-electron chi connectivity index (χ4n) is 7.14. The molecule has 0 spiro atoms. The Morgan fingerprint density at radius 2 is 1.20 bits per heavy atom. The Balaban J connectivity index is 1.43. The van der Waals surface area contributed by atoms with E-state index in [0.29, 0.717) is 37.9 Å². The van der Waals surface area contributed by atoms with Crippen LogP contribution in [0.4, 0.5) is 5.82 Å². The predicted molar refractivity (Wildman–Crippen MR) is 288 cm³/mol. The summed E-state index contributed by atoms with van der Waals surface area (Å²) in [6, 6.07) is 1.24. The Labute approximate surface area is 442 Å². The number of epoxide rings is 1. The highest BCUT2D eigenvalue weighted by molar-refractivity contribution is 7.61. The van der Waals surface area contributed by atoms with Gasteiger partial charge in [0.05, 0.1) is 25.4 Å². The van der Waals surface area contributed by atoms with Crippen LogP contribution in [0.5, 0.6) is 0 Å². The first-order valence-electron chi connectivity index (χ1n) is 26.0. The van der Waals surface area contributed by atoms with Crippen LogP contribution in [-0.4, -0.2) is 97.9 Å². The molecule has 0 aliphatic carbocycles. The lowest BCUT2D eigenvalue weighted by Gasteiger charge is -2.21. The summed E-state index contributed by atoms with van der Waals surface area (Å²) in [4.78, 5) is 61.9. The number of allylic oxidation sites excluding steroid dienone is 16. The Bertz CT molecular complexity index is 2260. The van der Waals surface area contributed by atoms with Crippen molar-refractivity contribution in [3.05, 3.63) is 132 Å². The molecule has 3 rings (SSSR count).